The van der Waals surface area contributed by atoms with E-state index in [-0.39, 0.29) is 11.8 Å². The van der Waals surface area contributed by atoms with E-state index in [1.54, 1.807) is 25.3 Å². The minimum Gasteiger partial charge on any atom is -0.508 e. The van der Waals surface area contributed by atoms with Crippen molar-refractivity contribution in [3.8, 4) is 5.75 Å². The van der Waals surface area contributed by atoms with Gasteiger partial charge in [0.1, 0.15) is 5.75 Å². The van der Waals surface area contributed by atoms with Crippen LogP contribution in [-0.4, -0.2) is 18.8 Å². The average molecular weight is 167 g/mol. The molecule has 0 spiro atoms. The number of phenols is 1. The lowest BCUT2D eigenvalue weighted by Gasteiger charge is -2.10. The Hall–Kier alpha value is -1.06. The van der Waals surface area contributed by atoms with Crippen LogP contribution in [0, 0.1) is 0 Å². The minimum atomic E-state index is -0.165. The Morgan fingerprint density at radius 3 is 2.92 bits per heavy atom. The predicted molar refractivity (Wildman–Crippen MR) is 46.9 cm³/mol. The first-order valence-electron chi connectivity index (χ1n) is 3.77. The fourth-order valence-electron chi connectivity index (χ4n) is 1.03. The maximum atomic E-state index is 9.13. The summed E-state index contributed by atoms with van der Waals surface area (Å²) in [6.45, 7) is 0.462. The van der Waals surface area contributed by atoms with Gasteiger partial charge in [-0.05, 0) is 17.7 Å². The van der Waals surface area contributed by atoms with Crippen molar-refractivity contribution in [2.75, 3.05) is 13.7 Å². The molecule has 12 heavy (non-hydrogen) atoms. The van der Waals surface area contributed by atoms with Gasteiger partial charge in [0.2, 0.25) is 0 Å². The van der Waals surface area contributed by atoms with Crippen molar-refractivity contribution in [1.82, 2.24) is 0 Å². The van der Waals surface area contributed by atoms with E-state index in [0.717, 1.165) is 5.56 Å². The van der Waals surface area contributed by atoms with Crippen LogP contribution in [0.4, 0.5) is 0 Å². The second-order valence-corrected chi connectivity index (χ2v) is 2.66. The van der Waals surface area contributed by atoms with Crippen LogP contribution >= 0.6 is 0 Å². The molecule has 0 unspecified atom stereocenters. The molecule has 0 aliphatic carbocycles. The predicted octanol–water partition coefficient (Wildman–Crippen LogP) is 1.04. The SMILES string of the molecule is COC[C@@H](N)c1cccc(O)c1. The van der Waals surface area contributed by atoms with Crippen molar-refractivity contribution in [1.29, 1.82) is 0 Å². The van der Waals surface area contributed by atoms with Crippen molar-refractivity contribution >= 4 is 0 Å². The summed E-state index contributed by atoms with van der Waals surface area (Å²) < 4.78 is 4.89. The van der Waals surface area contributed by atoms with Gasteiger partial charge in [-0.3, -0.25) is 0 Å². The van der Waals surface area contributed by atoms with Crippen molar-refractivity contribution in [3.05, 3.63) is 29.8 Å². The monoisotopic (exact) mass is 167 g/mol. The first-order chi connectivity index (χ1) is 5.74. The lowest BCUT2D eigenvalue weighted by Crippen LogP contribution is -2.15. The molecule has 0 heterocycles. The number of phenolic OH excluding ortho intramolecular Hbond substituents is 1. The van der Waals surface area contributed by atoms with Crippen LogP contribution in [0.1, 0.15) is 11.6 Å². The van der Waals surface area contributed by atoms with Gasteiger partial charge >= 0.3 is 0 Å². The third-order valence-corrected chi connectivity index (χ3v) is 1.64. The van der Waals surface area contributed by atoms with Crippen LogP contribution < -0.4 is 5.73 Å². The van der Waals surface area contributed by atoms with Crippen molar-refractivity contribution in [2.45, 2.75) is 6.04 Å². The fourth-order valence-corrected chi connectivity index (χ4v) is 1.03. The van der Waals surface area contributed by atoms with Gasteiger partial charge in [0.15, 0.2) is 0 Å². The first-order valence-corrected chi connectivity index (χ1v) is 3.77. The molecule has 0 fully saturated rings. The Kier molecular flexibility index (Phi) is 3.08. The summed E-state index contributed by atoms with van der Waals surface area (Å²) >= 11 is 0. The number of rotatable bonds is 3. The molecule has 0 bridgehead atoms. The zero-order valence-corrected chi connectivity index (χ0v) is 7.03. The number of hydrogen-bond acceptors (Lipinski definition) is 3. The van der Waals surface area contributed by atoms with E-state index in [2.05, 4.69) is 0 Å². The summed E-state index contributed by atoms with van der Waals surface area (Å²) in [6.07, 6.45) is 0. The smallest absolute Gasteiger partial charge is 0.115 e. The summed E-state index contributed by atoms with van der Waals surface area (Å²) in [5.74, 6) is 0.235. The molecule has 1 rings (SSSR count). The van der Waals surface area contributed by atoms with Gasteiger partial charge in [-0.2, -0.15) is 0 Å². The summed E-state index contributed by atoms with van der Waals surface area (Å²) in [5.41, 5.74) is 6.62. The summed E-state index contributed by atoms with van der Waals surface area (Å²) in [4.78, 5) is 0. The van der Waals surface area contributed by atoms with Gasteiger partial charge in [-0.25, -0.2) is 0 Å². The van der Waals surface area contributed by atoms with Gasteiger partial charge in [-0.15, -0.1) is 0 Å². The first kappa shape index (κ1) is 9.03. The molecule has 1 aromatic carbocycles. The van der Waals surface area contributed by atoms with E-state index in [1.807, 2.05) is 6.07 Å². The van der Waals surface area contributed by atoms with E-state index in [4.69, 9.17) is 15.6 Å². The van der Waals surface area contributed by atoms with E-state index < -0.39 is 0 Å². The highest BCUT2D eigenvalue weighted by atomic mass is 16.5. The van der Waals surface area contributed by atoms with Crippen LogP contribution in [0.25, 0.3) is 0 Å². The molecule has 0 aliphatic rings. The van der Waals surface area contributed by atoms with Gasteiger partial charge in [-0.1, -0.05) is 12.1 Å². The molecule has 0 aromatic heterocycles. The topological polar surface area (TPSA) is 55.5 Å². The number of benzene rings is 1. The van der Waals surface area contributed by atoms with Crippen LogP contribution in [0.2, 0.25) is 0 Å². The van der Waals surface area contributed by atoms with Crippen LogP contribution in [0.5, 0.6) is 5.75 Å². The average Bonchev–Trinajstić information content (AvgIpc) is 2.05. The Morgan fingerprint density at radius 2 is 2.33 bits per heavy atom. The van der Waals surface area contributed by atoms with Gasteiger partial charge in [0, 0.05) is 7.11 Å². The lowest BCUT2D eigenvalue weighted by atomic mass is 10.1. The van der Waals surface area contributed by atoms with Crippen LogP contribution in [-0.2, 0) is 4.74 Å². The molecule has 0 amide bonds. The van der Waals surface area contributed by atoms with Crippen LogP contribution in [0.15, 0.2) is 24.3 Å². The van der Waals surface area contributed by atoms with E-state index in [0.29, 0.717) is 6.61 Å². The maximum Gasteiger partial charge on any atom is 0.115 e. The van der Waals surface area contributed by atoms with Gasteiger partial charge < -0.3 is 15.6 Å². The zero-order chi connectivity index (χ0) is 8.97. The second-order valence-electron chi connectivity index (χ2n) is 2.66. The molecule has 3 heteroatoms. The lowest BCUT2D eigenvalue weighted by molar-refractivity contribution is 0.181. The molecule has 3 N–H and O–H groups in total. The number of hydrogen-bond donors (Lipinski definition) is 2. The summed E-state index contributed by atoms with van der Waals surface area (Å²) in [6, 6.07) is 6.72. The summed E-state index contributed by atoms with van der Waals surface area (Å²) in [7, 11) is 1.60. The van der Waals surface area contributed by atoms with E-state index in [1.165, 1.54) is 0 Å². The third kappa shape index (κ3) is 2.22. The zero-order valence-electron chi connectivity index (χ0n) is 7.03. The fraction of sp³-hybridized carbons (Fsp3) is 0.333. The molecular formula is C9H13NO2. The van der Waals surface area contributed by atoms with Gasteiger partial charge in [0.25, 0.3) is 0 Å². The standard InChI is InChI=1S/C9H13NO2/c1-12-6-9(10)7-3-2-4-8(11)5-7/h2-5,9,11H,6,10H2,1H3/t9-/m1/s1. The summed E-state index contributed by atoms with van der Waals surface area (Å²) in [5, 5.41) is 9.13. The number of ether oxygens (including phenoxy) is 1. The van der Waals surface area contributed by atoms with Crippen molar-refractivity contribution < 1.29 is 9.84 Å². The number of aromatic hydroxyl groups is 1. The van der Waals surface area contributed by atoms with Crippen LogP contribution in [0.3, 0.4) is 0 Å². The number of nitrogens with two attached hydrogens (primary N) is 1. The minimum absolute atomic E-state index is 0.165. The highest BCUT2D eigenvalue weighted by Gasteiger charge is 2.04. The molecular weight excluding hydrogens is 154 g/mol. The highest BCUT2D eigenvalue weighted by molar-refractivity contribution is 5.29. The Bertz CT molecular complexity index is 250. The molecule has 0 radical (unpaired) electrons. The molecule has 3 nitrogen and oxygen atoms in total. The largest absolute Gasteiger partial charge is 0.508 e. The molecule has 66 valence electrons. The molecule has 0 saturated heterocycles. The Balaban J connectivity index is 2.73. The Morgan fingerprint density at radius 1 is 1.58 bits per heavy atom. The second kappa shape index (κ2) is 4.09. The van der Waals surface area contributed by atoms with Crippen molar-refractivity contribution in [3.63, 3.8) is 0 Å². The molecule has 1 atom stereocenters. The van der Waals surface area contributed by atoms with Crippen molar-refractivity contribution in [2.24, 2.45) is 5.73 Å². The van der Waals surface area contributed by atoms with E-state index in [9.17, 15) is 0 Å². The molecule has 0 saturated carbocycles. The number of methoxy groups -OCH3 is 1. The Labute approximate surface area is 71.8 Å². The van der Waals surface area contributed by atoms with Gasteiger partial charge in [0.05, 0.1) is 12.6 Å². The maximum absolute atomic E-state index is 9.13. The molecule has 1 aromatic rings. The quantitative estimate of drug-likeness (QED) is 0.707. The molecule has 0 aliphatic heterocycles. The normalized spacial score (nSPS) is 12.8. The third-order valence-electron chi connectivity index (χ3n) is 1.64. The van der Waals surface area contributed by atoms with E-state index >= 15 is 0 Å². The highest BCUT2D eigenvalue weighted by Crippen LogP contribution is 2.16.